The van der Waals surface area contributed by atoms with Crippen molar-refractivity contribution in [3.05, 3.63) is 23.3 Å². The van der Waals surface area contributed by atoms with Crippen molar-refractivity contribution in [2.24, 2.45) is 0 Å². The Bertz CT molecular complexity index is 341. The van der Waals surface area contributed by atoms with E-state index in [0.29, 0.717) is 11.3 Å². The number of thiol groups is 1. The van der Waals surface area contributed by atoms with Crippen molar-refractivity contribution in [1.82, 2.24) is 0 Å². The lowest BCUT2D eigenvalue weighted by Crippen LogP contribution is -1.89. The second-order valence-corrected chi connectivity index (χ2v) is 2.93. The average molecular weight is 179 g/mol. The summed E-state index contributed by atoms with van der Waals surface area (Å²) in [5.41, 5.74) is 1.53. The Morgan fingerprint density at radius 1 is 1.50 bits per heavy atom. The standard InChI is InChI=1S/C9H9NOS/c1-6-3-8(11-2)7(5-10)4-9(6)12/h3-4,12H,1-2H3. The van der Waals surface area contributed by atoms with Gasteiger partial charge in [0.1, 0.15) is 11.8 Å². The van der Waals surface area contributed by atoms with Crippen molar-refractivity contribution >= 4 is 12.6 Å². The summed E-state index contributed by atoms with van der Waals surface area (Å²) < 4.78 is 5.02. The Balaban J connectivity index is 3.31. The van der Waals surface area contributed by atoms with Crippen molar-refractivity contribution in [2.75, 3.05) is 7.11 Å². The fraction of sp³-hybridized carbons (Fsp3) is 0.222. The molecule has 12 heavy (non-hydrogen) atoms. The molecule has 1 rings (SSSR count). The molecule has 2 nitrogen and oxygen atoms in total. The van der Waals surface area contributed by atoms with Gasteiger partial charge in [0.25, 0.3) is 0 Å². The van der Waals surface area contributed by atoms with Crippen LogP contribution in [0.3, 0.4) is 0 Å². The third kappa shape index (κ3) is 1.54. The fourth-order valence-electron chi connectivity index (χ4n) is 0.926. The number of hydrogen-bond donors (Lipinski definition) is 1. The van der Waals surface area contributed by atoms with Gasteiger partial charge in [-0.25, -0.2) is 0 Å². The molecule has 0 bridgehead atoms. The Morgan fingerprint density at radius 2 is 2.17 bits per heavy atom. The molecule has 0 amide bonds. The minimum absolute atomic E-state index is 0.521. The molecule has 0 aliphatic rings. The molecule has 0 saturated carbocycles. The largest absolute Gasteiger partial charge is 0.495 e. The number of aryl methyl sites for hydroxylation is 1. The Labute approximate surface area is 77.2 Å². The van der Waals surface area contributed by atoms with E-state index in [2.05, 4.69) is 12.6 Å². The molecule has 62 valence electrons. The van der Waals surface area contributed by atoms with Gasteiger partial charge >= 0.3 is 0 Å². The molecule has 0 heterocycles. The van der Waals surface area contributed by atoms with Crippen molar-refractivity contribution < 1.29 is 4.74 Å². The lowest BCUT2D eigenvalue weighted by Gasteiger charge is -2.05. The molecule has 0 atom stereocenters. The maximum absolute atomic E-state index is 8.70. The number of benzene rings is 1. The Hall–Kier alpha value is -1.14. The lowest BCUT2D eigenvalue weighted by atomic mass is 10.1. The molecule has 0 aliphatic carbocycles. The zero-order valence-corrected chi connectivity index (χ0v) is 7.85. The fourth-order valence-corrected chi connectivity index (χ4v) is 1.12. The van der Waals surface area contributed by atoms with Crippen LogP contribution in [0, 0.1) is 18.3 Å². The van der Waals surface area contributed by atoms with E-state index in [9.17, 15) is 0 Å². The van der Waals surface area contributed by atoms with Crippen molar-refractivity contribution in [1.29, 1.82) is 5.26 Å². The molecular formula is C9H9NOS. The van der Waals surface area contributed by atoms with Gasteiger partial charge in [-0.15, -0.1) is 12.6 Å². The van der Waals surface area contributed by atoms with Gasteiger partial charge in [-0.05, 0) is 24.6 Å². The van der Waals surface area contributed by atoms with Crippen LogP contribution in [-0.4, -0.2) is 7.11 Å². The quantitative estimate of drug-likeness (QED) is 0.670. The summed E-state index contributed by atoms with van der Waals surface area (Å²) in [6.07, 6.45) is 0. The summed E-state index contributed by atoms with van der Waals surface area (Å²) in [4.78, 5) is 0.812. The SMILES string of the molecule is COc1cc(C)c(S)cc1C#N. The van der Waals surface area contributed by atoms with Gasteiger partial charge < -0.3 is 4.74 Å². The molecule has 0 fully saturated rings. The normalized spacial score (nSPS) is 9.17. The Kier molecular flexibility index (Phi) is 2.61. The van der Waals surface area contributed by atoms with Crippen molar-refractivity contribution in [3.8, 4) is 11.8 Å². The van der Waals surface area contributed by atoms with Crippen LogP contribution in [0.4, 0.5) is 0 Å². The van der Waals surface area contributed by atoms with Gasteiger partial charge in [-0.3, -0.25) is 0 Å². The van der Waals surface area contributed by atoms with Crippen LogP contribution < -0.4 is 4.74 Å². The van der Waals surface area contributed by atoms with Crippen molar-refractivity contribution in [3.63, 3.8) is 0 Å². The third-order valence-corrected chi connectivity index (χ3v) is 2.12. The first kappa shape index (κ1) is 8.95. The van der Waals surface area contributed by atoms with Crippen LogP contribution in [0.25, 0.3) is 0 Å². The smallest absolute Gasteiger partial charge is 0.136 e. The summed E-state index contributed by atoms with van der Waals surface area (Å²) in [6, 6.07) is 5.55. The first-order valence-corrected chi connectivity index (χ1v) is 3.91. The molecule has 1 aromatic carbocycles. The molecule has 0 spiro atoms. The highest BCUT2D eigenvalue weighted by molar-refractivity contribution is 7.80. The van der Waals surface area contributed by atoms with E-state index in [1.165, 1.54) is 0 Å². The van der Waals surface area contributed by atoms with Crippen LogP contribution in [0.2, 0.25) is 0 Å². The molecule has 0 aromatic heterocycles. The predicted octanol–water partition coefficient (Wildman–Crippen LogP) is 2.16. The van der Waals surface area contributed by atoms with E-state index >= 15 is 0 Å². The molecule has 0 saturated heterocycles. The van der Waals surface area contributed by atoms with E-state index < -0.39 is 0 Å². The first-order chi connectivity index (χ1) is 5.69. The zero-order chi connectivity index (χ0) is 9.14. The second kappa shape index (κ2) is 3.51. The van der Waals surface area contributed by atoms with E-state index in [1.807, 2.05) is 13.0 Å². The molecule has 0 radical (unpaired) electrons. The van der Waals surface area contributed by atoms with E-state index in [0.717, 1.165) is 10.5 Å². The summed E-state index contributed by atoms with van der Waals surface area (Å²) >= 11 is 4.20. The second-order valence-electron chi connectivity index (χ2n) is 2.45. The third-order valence-electron chi connectivity index (χ3n) is 1.64. The molecule has 1 aromatic rings. The number of rotatable bonds is 1. The van der Waals surface area contributed by atoms with E-state index in [4.69, 9.17) is 10.00 Å². The monoisotopic (exact) mass is 179 g/mol. The summed E-state index contributed by atoms with van der Waals surface area (Å²) in [7, 11) is 1.55. The van der Waals surface area contributed by atoms with E-state index in [1.54, 1.807) is 19.2 Å². The first-order valence-electron chi connectivity index (χ1n) is 3.46. The van der Waals surface area contributed by atoms with Crippen LogP contribution >= 0.6 is 12.6 Å². The van der Waals surface area contributed by atoms with Gasteiger partial charge in [-0.2, -0.15) is 5.26 Å². The van der Waals surface area contributed by atoms with Crippen LogP contribution in [0.1, 0.15) is 11.1 Å². The summed E-state index contributed by atoms with van der Waals surface area (Å²) in [6.45, 7) is 1.92. The van der Waals surface area contributed by atoms with Crippen LogP contribution in [0.15, 0.2) is 17.0 Å². The minimum atomic E-state index is 0.521. The lowest BCUT2D eigenvalue weighted by molar-refractivity contribution is 0.413. The number of hydrogen-bond acceptors (Lipinski definition) is 3. The number of methoxy groups -OCH3 is 1. The van der Waals surface area contributed by atoms with Crippen LogP contribution in [0.5, 0.6) is 5.75 Å². The minimum Gasteiger partial charge on any atom is -0.495 e. The maximum atomic E-state index is 8.70. The van der Waals surface area contributed by atoms with Crippen molar-refractivity contribution in [2.45, 2.75) is 11.8 Å². The zero-order valence-electron chi connectivity index (χ0n) is 6.96. The van der Waals surface area contributed by atoms with E-state index in [-0.39, 0.29) is 0 Å². The summed E-state index contributed by atoms with van der Waals surface area (Å²) in [5.74, 6) is 0.604. The molecule has 0 N–H and O–H groups in total. The van der Waals surface area contributed by atoms with Gasteiger partial charge in [0.05, 0.1) is 12.7 Å². The highest BCUT2D eigenvalue weighted by Gasteiger charge is 2.04. The van der Waals surface area contributed by atoms with Gasteiger partial charge in [0, 0.05) is 4.90 Å². The number of nitriles is 1. The number of ether oxygens (including phenoxy) is 1. The molecular weight excluding hydrogens is 170 g/mol. The predicted molar refractivity (Wildman–Crippen MR) is 49.7 cm³/mol. The van der Waals surface area contributed by atoms with Crippen LogP contribution in [-0.2, 0) is 0 Å². The topological polar surface area (TPSA) is 33.0 Å². The molecule has 0 aliphatic heterocycles. The average Bonchev–Trinajstić information content (AvgIpc) is 2.09. The molecule has 0 unspecified atom stereocenters. The summed E-state index contributed by atoms with van der Waals surface area (Å²) in [5, 5.41) is 8.70. The number of nitrogens with zero attached hydrogens (tertiary/aromatic N) is 1. The Morgan fingerprint density at radius 3 is 2.67 bits per heavy atom. The highest BCUT2D eigenvalue weighted by Crippen LogP contribution is 2.24. The molecule has 3 heteroatoms. The van der Waals surface area contributed by atoms with Gasteiger partial charge in [0.2, 0.25) is 0 Å². The van der Waals surface area contributed by atoms with Gasteiger partial charge in [-0.1, -0.05) is 0 Å². The highest BCUT2D eigenvalue weighted by atomic mass is 32.1. The maximum Gasteiger partial charge on any atom is 0.136 e. The van der Waals surface area contributed by atoms with Gasteiger partial charge in [0.15, 0.2) is 0 Å².